The van der Waals surface area contributed by atoms with Gasteiger partial charge in [-0.15, -0.1) is 0 Å². The summed E-state index contributed by atoms with van der Waals surface area (Å²) in [5, 5.41) is 18.8. The number of aromatic hydroxyl groups is 2. The number of hydrogen-bond donors (Lipinski definition) is 2. The average molecular weight is 334 g/mol. The van der Waals surface area contributed by atoms with Gasteiger partial charge >= 0.3 is 0 Å². The van der Waals surface area contributed by atoms with Crippen molar-refractivity contribution < 1.29 is 29.3 Å². The quantitative estimate of drug-likeness (QED) is 0.470. The normalized spacial score (nSPS) is 25.6. The molecule has 1 aliphatic heterocycles. The highest BCUT2D eigenvalue weighted by Crippen LogP contribution is 2.32. The maximum atomic E-state index is 12.6. The second kappa shape index (κ2) is 8.08. The fraction of sp³-hybridized carbons (Fsp3) is 0.444. The van der Waals surface area contributed by atoms with Crippen molar-refractivity contribution in [1.29, 1.82) is 0 Å². The Bertz CT molecular complexity index is 636. The third-order valence-corrected chi connectivity index (χ3v) is 4.27. The summed E-state index contributed by atoms with van der Waals surface area (Å²) in [5.74, 6) is -0.828. The Kier molecular flexibility index (Phi) is 6.11. The van der Waals surface area contributed by atoms with Gasteiger partial charge in [-0.3, -0.25) is 4.79 Å². The zero-order valence-corrected chi connectivity index (χ0v) is 13.8. The third kappa shape index (κ3) is 4.01. The number of allylic oxidation sites excluding steroid dienone is 1. The number of carbonyl (C=O) groups is 2. The Morgan fingerprint density at radius 3 is 2.71 bits per heavy atom. The molecule has 1 aromatic carbocycles. The predicted molar refractivity (Wildman–Crippen MR) is 86.7 cm³/mol. The third-order valence-electron chi connectivity index (χ3n) is 4.27. The van der Waals surface area contributed by atoms with Gasteiger partial charge in [-0.2, -0.15) is 0 Å². The van der Waals surface area contributed by atoms with Gasteiger partial charge in [0.25, 0.3) is 0 Å². The van der Waals surface area contributed by atoms with Crippen molar-refractivity contribution >= 4 is 12.1 Å². The smallest absolute Gasteiger partial charge is 0.159 e. The summed E-state index contributed by atoms with van der Waals surface area (Å²) >= 11 is 0. The van der Waals surface area contributed by atoms with Gasteiger partial charge in [0, 0.05) is 25.9 Å². The van der Waals surface area contributed by atoms with Crippen LogP contribution < -0.4 is 0 Å². The first-order valence-corrected chi connectivity index (χ1v) is 7.83. The largest absolute Gasteiger partial charge is 0.504 e. The monoisotopic (exact) mass is 334 g/mol. The number of benzene rings is 1. The predicted octanol–water partition coefficient (Wildman–Crippen LogP) is 2.12. The molecule has 0 spiro atoms. The number of Topliss-reactive ketones (excluding diaryl/α,β-unsaturated/α-hetero) is 1. The van der Waals surface area contributed by atoms with Gasteiger partial charge in [-0.1, -0.05) is 12.1 Å². The molecule has 0 aromatic heterocycles. The van der Waals surface area contributed by atoms with Crippen molar-refractivity contribution in [3.63, 3.8) is 0 Å². The van der Waals surface area contributed by atoms with Crippen molar-refractivity contribution in [2.45, 2.75) is 38.6 Å². The minimum Gasteiger partial charge on any atom is -0.504 e. The fourth-order valence-corrected chi connectivity index (χ4v) is 2.94. The number of phenols is 2. The minimum atomic E-state index is -0.764. The summed E-state index contributed by atoms with van der Waals surface area (Å²) in [4.78, 5) is 23.9. The lowest BCUT2D eigenvalue weighted by Gasteiger charge is -2.34. The number of ketones is 1. The Hall–Kier alpha value is -2.18. The molecule has 1 fully saturated rings. The number of aryl methyl sites for hydroxylation is 1. The highest BCUT2D eigenvalue weighted by molar-refractivity contribution is 5.85. The Balaban J connectivity index is 2.08. The number of aldehydes is 1. The molecular weight excluding hydrogens is 312 g/mol. The lowest BCUT2D eigenvalue weighted by molar-refractivity contribution is -0.176. The molecule has 0 radical (unpaired) electrons. The molecule has 2 N–H and O–H groups in total. The molecule has 1 saturated heterocycles. The molecule has 1 heterocycles. The number of phenolic OH excluding ortho intramolecular Hbond substituents is 2. The van der Waals surface area contributed by atoms with Crippen LogP contribution in [-0.4, -0.2) is 41.8 Å². The molecule has 6 nitrogen and oxygen atoms in total. The summed E-state index contributed by atoms with van der Waals surface area (Å²) < 4.78 is 10.7. The molecule has 0 amide bonds. The highest BCUT2D eigenvalue weighted by atomic mass is 16.7. The van der Waals surface area contributed by atoms with Gasteiger partial charge < -0.3 is 24.5 Å². The lowest BCUT2D eigenvalue weighted by atomic mass is 9.83. The van der Waals surface area contributed by atoms with E-state index in [4.69, 9.17) is 9.47 Å². The van der Waals surface area contributed by atoms with Crippen molar-refractivity contribution in [3.8, 4) is 11.5 Å². The van der Waals surface area contributed by atoms with Crippen LogP contribution in [-0.2, 0) is 25.5 Å². The van der Waals surface area contributed by atoms with Crippen molar-refractivity contribution in [3.05, 3.63) is 35.4 Å². The summed E-state index contributed by atoms with van der Waals surface area (Å²) in [6.45, 7) is 1.78. The molecule has 0 saturated carbocycles. The summed E-state index contributed by atoms with van der Waals surface area (Å²) in [7, 11) is 1.48. The molecule has 1 aliphatic rings. The van der Waals surface area contributed by atoms with Gasteiger partial charge in [-0.25, -0.2) is 0 Å². The van der Waals surface area contributed by atoms with E-state index in [-0.39, 0.29) is 23.7 Å². The van der Waals surface area contributed by atoms with E-state index >= 15 is 0 Å². The summed E-state index contributed by atoms with van der Waals surface area (Å²) in [6.07, 6.45) is 2.15. The van der Waals surface area contributed by atoms with Gasteiger partial charge in [0.15, 0.2) is 24.1 Å². The minimum absolute atomic E-state index is 0.00661. The van der Waals surface area contributed by atoms with E-state index in [9.17, 15) is 19.8 Å². The van der Waals surface area contributed by atoms with Crippen LogP contribution in [0.15, 0.2) is 29.8 Å². The molecule has 130 valence electrons. The maximum Gasteiger partial charge on any atom is 0.159 e. The number of rotatable bonds is 6. The fourth-order valence-electron chi connectivity index (χ4n) is 2.94. The van der Waals surface area contributed by atoms with Crippen molar-refractivity contribution in [2.75, 3.05) is 7.11 Å². The molecule has 1 aromatic rings. The second-order valence-corrected chi connectivity index (χ2v) is 5.72. The van der Waals surface area contributed by atoms with Crippen LogP contribution in [0.25, 0.3) is 0 Å². The second-order valence-electron chi connectivity index (χ2n) is 5.72. The Labute approximate surface area is 140 Å². The van der Waals surface area contributed by atoms with E-state index in [2.05, 4.69) is 0 Å². The topological polar surface area (TPSA) is 93.1 Å². The Morgan fingerprint density at radius 2 is 2.12 bits per heavy atom. The molecule has 0 bridgehead atoms. The first kappa shape index (κ1) is 18.2. The number of carbonyl (C=O) groups excluding carboxylic acids is 2. The van der Waals surface area contributed by atoms with Gasteiger partial charge in [0.1, 0.15) is 11.9 Å². The maximum absolute atomic E-state index is 12.6. The number of hydrogen-bond acceptors (Lipinski definition) is 6. The standard InChI is InChI=1S/C18H22O6/c1-3-12-13(9-18(23-2)24-17(12)10-19)14(20)6-4-11-5-7-15(21)16(22)8-11/h3,5,7-8,10,13,17-18,21-22H,4,6,9H2,1-2H3/b12-3-/t13-,17-,18-/m0/s1. The molecule has 2 rings (SSSR count). The van der Waals surface area contributed by atoms with Crippen LogP contribution >= 0.6 is 0 Å². The van der Waals surface area contributed by atoms with E-state index < -0.39 is 18.3 Å². The van der Waals surface area contributed by atoms with Gasteiger partial charge in [0.2, 0.25) is 0 Å². The molecule has 0 unspecified atom stereocenters. The number of methoxy groups -OCH3 is 1. The van der Waals surface area contributed by atoms with Crippen LogP contribution in [0.2, 0.25) is 0 Å². The van der Waals surface area contributed by atoms with Crippen LogP contribution in [0.4, 0.5) is 0 Å². The Morgan fingerprint density at radius 1 is 1.38 bits per heavy atom. The lowest BCUT2D eigenvalue weighted by Crippen LogP contribution is -2.40. The molecular formula is C18H22O6. The molecule has 24 heavy (non-hydrogen) atoms. The van der Waals surface area contributed by atoms with E-state index in [1.54, 1.807) is 19.1 Å². The number of ether oxygens (including phenoxy) is 2. The first-order chi connectivity index (χ1) is 11.5. The van der Waals surface area contributed by atoms with Gasteiger partial charge in [0.05, 0.1) is 0 Å². The summed E-state index contributed by atoms with van der Waals surface area (Å²) in [6, 6.07) is 4.49. The SMILES string of the molecule is C/C=C1\[C@H](C=O)O[C@H](OC)C[C@@H]1C(=O)CCc1ccc(O)c(O)c1. The van der Waals surface area contributed by atoms with Crippen LogP contribution in [0.5, 0.6) is 11.5 Å². The van der Waals surface area contributed by atoms with E-state index in [1.807, 2.05) is 0 Å². The van der Waals surface area contributed by atoms with E-state index in [1.165, 1.54) is 19.2 Å². The van der Waals surface area contributed by atoms with Crippen molar-refractivity contribution in [1.82, 2.24) is 0 Å². The van der Waals surface area contributed by atoms with Crippen LogP contribution in [0.1, 0.15) is 25.3 Å². The average Bonchev–Trinajstić information content (AvgIpc) is 2.60. The molecule has 3 atom stereocenters. The first-order valence-electron chi connectivity index (χ1n) is 7.83. The zero-order chi connectivity index (χ0) is 17.7. The van der Waals surface area contributed by atoms with Gasteiger partial charge in [-0.05, 0) is 36.6 Å². The van der Waals surface area contributed by atoms with E-state index in [0.717, 1.165) is 5.56 Å². The van der Waals surface area contributed by atoms with Crippen LogP contribution in [0, 0.1) is 5.92 Å². The van der Waals surface area contributed by atoms with E-state index in [0.29, 0.717) is 24.7 Å². The van der Waals surface area contributed by atoms with Crippen LogP contribution in [0.3, 0.4) is 0 Å². The highest BCUT2D eigenvalue weighted by Gasteiger charge is 2.37. The molecule has 0 aliphatic carbocycles. The summed E-state index contributed by atoms with van der Waals surface area (Å²) in [5.41, 5.74) is 1.42. The van der Waals surface area contributed by atoms with Crippen molar-refractivity contribution in [2.24, 2.45) is 5.92 Å². The molecule has 6 heteroatoms. The zero-order valence-electron chi connectivity index (χ0n) is 13.8.